The molecule has 0 unspecified atom stereocenters. The van der Waals surface area contributed by atoms with Crippen molar-refractivity contribution in [2.24, 2.45) is 7.05 Å². The predicted octanol–water partition coefficient (Wildman–Crippen LogP) is 2.60. The summed E-state index contributed by atoms with van der Waals surface area (Å²) in [5.74, 6) is -1.01. The Morgan fingerprint density at radius 2 is 2.00 bits per heavy atom. The van der Waals surface area contributed by atoms with Crippen LogP contribution in [0.2, 0.25) is 0 Å². The maximum Gasteiger partial charge on any atom is 0.303 e. The van der Waals surface area contributed by atoms with Crippen LogP contribution in [0.1, 0.15) is 28.2 Å². The molecule has 0 spiro atoms. The quantitative estimate of drug-likeness (QED) is 0.887. The van der Waals surface area contributed by atoms with Crippen LogP contribution in [0.4, 0.5) is 5.69 Å². The molecule has 0 aliphatic heterocycles. The number of benzene rings is 1. The number of nitrogens with zero attached hydrogens (tertiary/aromatic N) is 1. The van der Waals surface area contributed by atoms with Crippen LogP contribution < -0.4 is 5.32 Å². The fraction of sp³-hybridized carbons (Fsp3) is 0.250. The highest BCUT2D eigenvalue weighted by Gasteiger charge is 2.11. The molecule has 0 saturated heterocycles. The van der Waals surface area contributed by atoms with Gasteiger partial charge < -0.3 is 15.0 Å². The van der Waals surface area contributed by atoms with E-state index in [1.165, 1.54) is 0 Å². The normalized spacial score (nSPS) is 10.4. The van der Waals surface area contributed by atoms with Gasteiger partial charge in [0, 0.05) is 24.8 Å². The van der Waals surface area contributed by atoms with Crippen LogP contribution in [0.3, 0.4) is 0 Å². The first kappa shape index (κ1) is 14.8. The average Bonchev–Trinajstić information content (AvgIpc) is 2.77. The summed E-state index contributed by atoms with van der Waals surface area (Å²) in [5.41, 5.74) is 3.15. The lowest BCUT2D eigenvalue weighted by molar-refractivity contribution is -0.136. The number of carboxylic acid groups (broad SMARTS) is 1. The molecule has 0 bridgehead atoms. The van der Waals surface area contributed by atoms with Crippen molar-refractivity contribution in [3.05, 3.63) is 53.3 Å². The fourth-order valence-electron chi connectivity index (χ4n) is 2.09. The third-order valence-electron chi connectivity index (χ3n) is 3.42. The first-order valence-corrected chi connectivity index (χ1v) is 6.72. The molecule has 0 radical (unpaired) electrons. The van der Waals surface area contributed by atoms with Crippen molar-refractivity contribution in [3.63, 3.8) is 0 Å². The molecule has 110 valence electrons. The minimum Gasteiger partial charge on any atom is -0.481 e. The molecule has 21 heavy (non-hydrogen) atoms. The Morgan fingerprint density at radius 3 is 2.62 bits per heavy atom. The number of hydrogen-bond donors (Lipinski definition) is 2. The molecule has 2 rings (SSSR count). The summed E-state index contributed by atoms with van der Waals surface area (Å²) < 4.78 is 1.82. The van der Waals surface area contributed by atoms with Gasteiger partial charge in [0.25, 0.3) is 5.91 Å². The summed E-state index contributed by atoms with van der Waals surface area (Å²) in [6.07, 6.45) is 0.525. The van der Waals surface area contributed by atoms with Crippen LogP contribution >= 0.6 is 0 Å². The Labute approximate surface area is 123 Å². The number of carbonyl (C=O) groups is 2. The highest BCUT2D eigenvalue weighted by molar-refractivity contribution is 6.03. The fourth-order valence-corrected chi connectivity index (χ4v) is 2.09. The van der Waals surface area contributed by atoms with Crippen LogP contribution in [-0.2, 0) is 18.3 Å². The zero-order valence-electron chi connectivity index (χ0n) is 12.1. The molecule has 2 N–H and O–H groups in total. The van der Waals surface area contributed by atoms with E-state index in [0.717, 1.165) is 11.3 Å². The maximum atomic E-state index is 12.2. The van der Waals surface area contributed by atoms with Crippen LogP contribution in [0.25, 0.3) is 0 Å². The Bertz CT molecular complexity index is 674. The largest absolute Gasteiger partial charge is 0.481 e. The number of carboxylic acids is 1. The van der Waals surface area contributed by atoms with E-state index in [9.17, 15) is 9.59 Å². The van der Waals surface area contributed by atoms with E-state index in [0.29, 0.717) is 17.8 Å². The number of aryl methyl sites for hydroxylation is 2. The number of carbonyl (C=O) groups excluding carboxylic acids is 1. The Hall–Kier alpha value is -2.56. The molecular formula is C16H18N2O3. The maximum absolute atomic E-state index is 12.2. The zero-order valence-corrected chi connectivity index (χ0v) is 12.1. The summed E-state index contributed by atoms with van der Waals surface area (Å²) in [6, 6.07) is 10.9. The lowest BCUT2D eigenvalue weighted by Crippen LogP contribution is -2.16. The van der Waals surface area contributed by atoms with Gasteiger partial charge in [0.05, 0.1) is 0 Å². The summed E-state index contributed by atoms with van der Waals surface area (Å²) in [5, 5.41) is 11.5. The van der Waals surface area contributed by atoms with Crippen molar-refractivity contribution in [1.82, 2.24) is 4.57 Å². The van der Waals surface area contributed by atoms with Crippen molar-refractivity contribution in [1.29, 1.82) is 0 Å². The molecule has 1 heterocycles. The number of rotatable bonds is 5. The van der Waals surface area contributed by atoms with Crippen molar-refractivity contribution >= 4 is 17.6 Å². The third kappa shape index (κ3) is 3.72. The van der Waals surface area contributed by atoms with Gasteiger partial charge in [-0.2, -0.15) is 0 Å². The lowest BCUT2D eigenvalue weighted by atomic mass is 10.1. The molecule has 0 fully saturated rings. The van der Waals surface area contributed by atoms with Gasteiger partial charge in [-0.25, -0.2) is 0 Å². The van der Waals surface area contributed by atoms with Gasteiger partial charge in [0.2, 0.25) is 0 Å². The highest BCUT2D eigenvalue weighted by atomic mass is 16.4. The number of nitrogens with one attached hydrogen (secondary N) is 1. The molecule has 1 aromatic carbocycles. The average molecular weight is 286 g/mol. The zero-order chi connectivity index (χ0) is 15.4. The van der Waals surface area contributed by atoms with Gasteiger partial charge in [-0.05, 0) is 43.2 Å². The second kappa shape index (κ2) is 6.26. The van der Waals surface area contributed by atoms with Gasteiger partial charge >= 0.3 is 5.97 Å². The van der Waals surface area contributed by atoms with Crippen LogP contribution in [0, 0.1) is 6.92 Å². The Morgan fingerprint density at radius 1 is 1.24 bits per heavy atom. The van der Waals surface area contributed by atoms with Crippen LogP contribution in [-0.4, -0.2) is 21.6 Å². The number of amides is 1. The number of aliphatic carboxylic acids is 1. The van der Waals surface area contributed by atoms with Crippen molar-refractivity contribution in [2.75, 3.05) is 5.32 Å². The van der Waals surface area contributed by atoms with Crippen molar-refractivity contribution in [2.45, 2.75) is 19.8 Å². The molecule has 0 atom stereocenters. The lowest BCUT2D eigenvalue weighted by Gasteiger charge is -2.08. The van der Waals surface area contributed by atoms with Gasteiger partial charge in [-0.3, -0.25) is 9.59 Å². The summed E-state index contributed by atoms with van der Waals surface area (Å²) in [6.45, 7) is 1.93. The molecule has 1 aromatic heterocycles. The molecule has 0 aliphatic rings. The Kier molecular flexibility index (Phi) is 4.42. The molecule has 5 heteroatoms. The smallest absolute Gasteiger partial charge is 0.303 e. The van der Waals surface area contributed by atoms with E-state index in [4.69, 9.17) is 5.11 Å². The highest BCUT2D eigenvalue weighted by Crippen LogP contribution is 2.14. The number of aromatic nitrogens is 1. The topological polar surface area (TPSA) is 71.3 Å². The molecule has 1 amide bonds. The van der Waals surface area contributed by atoms with Gasteiger partial charge in [0.1, 0.15) is 5.69 Å². The van der Waals surface area contributed by atoms with E-state index < -0.39 is 5.97 Å². The van der Waals surface area contributed by atoms with Gasteiger partial charge in [-0.1, -0.05) is 12.1 Å². The molecule has 5 nitrogen and oxygen atoms in total. The predicted molar refractivity (Wildman–Crippen MR) is 80.5 cm³/mol. The van der Waals surface area contributed by atoms with E-state index >= 15 is 0 Å². The monoisotopic (exact) mass is 286 g/mol. The van der Waals surface area contributed by atoms with E-state index in [1.807, 2.05) is 36.7 Å². The van der Waals surface area contributed by atoms with Gasteiger partial charge in [0.15, 0.2) is 0 Å². The summed E-state index contributed by atoms with van der Waals surface area (Å²) in [4.78, 5) is 22.8. The SMILES string of the molecule is Cc1ccc(C(=O)Nc2cccc(CCC(=O)O)c2)n1C. The Balaban J connectivity index is 2.09. The van der Waals surface area contributed by atoms with Gasteiger partial charge in [-0.15, -0.1) is 0 Å². The summed E-state index contributed by atoms with van der Waals surface area (Å²) in [7, 11) is 1.84. The molecule has 2 aromatic rings. The minimum absolute atomic E-state index is 0.0778. The van der Waals surface area contributed by atoms with Crippen LogP contribution in [0.15, 0.2) is 36.4 Å². The minimum atomic E-state index is -0.830. The number of anilines is 1. The second-order valence-electron chi connectivity index (χ2n) is 4.97. The van der Waals surface area contributed by atoms with E-state index in [2.05, 4.69) is 5.32 Å². The standard InChI is InChI=1S/C16H18N2O3/c1-11-6-8-14(18(11)2)16(21)17-13-5-3-4-12(10-13)7-9-15(19)20/h3-6,8,10H,7,9H2,1-2H3,(H,17,21)(H,19,20). The first-order valence-electron chi connectivity index (χ1n) is 6.72. The van der Waals surface area contributed by atoms with Crippen molar-refractivity contribution in [3.8, 4) is 0 Å². The third-order valence-corrected chi connectivity index (χ3v) is 3.42. The second-order valence-corrected chi connectivity index (χ2v) is 4.97. The number of hydrogen-bond acceptors (Lipinski definition) is 2. The van der Waals surface area contributed by atoms with Crippen LogP contribution in [0.5, 0.6) is 0 Å². The summed E-state index contributed by atoms with van der Waals surface area (Å²) >= 11 is 0. The molecular weight excluding hydrogens is 268 g/mol. The molecule has 0 aliphatic carbocycles. The van der Waals surface area contributed by atoms with E-state index in [1.54, 1.807) is 18.2 Å². The van der Waals surface area contributed by atoms with Crippen molar-refractivity contribution < 1.29 is 14.7 Å². The molecule has 0 saturated carbocycles. The van der Waals surface area contributed by atoms with E-state index in [-0.39, 0.29) is 12.3 Å². The first-order chi connectivity index (χ1) is 9.97.